The highest BCUT2D eigenvalue weighted by molar-refractivity contribution is 4.92. The van der Waals surface area contributed by atoms with Gasteiger partial charge in [0.1, 0.15) is 0 Å². The van der Waals surface area contributed by atoms with E-state index in [-0.39, 0.29) is 11.6 Å². The van der Waals surface area contributed by atoms with Crippen LogP contribution in [0.5, 0.6) is 0 Å². The van der Waals surface area contributed by atoms with Crippen molar-refractivity contribution >= 4 is 0 Å². The third-order valence-electron chi connectivity index (χ3n) is 3.15. The van der Waals surface area contributed by atoms with Crippen molar-refractivity contribution in [3.8, 4) is 0 Å². The summed E-state index contributed by atoms with van der Waals surface area (Å²) in [6, 6.07) is -0.114. The maximum Gasteiger partial charge on any atom is 0.401 e. The smallest absolute Gasteiger partial charge is 0.378 e. The molecule has 1 spiro atoms. The molecule has 0 aromatic carbocycles. The molecule has 0 aromatic rings. The lowest BCUT2D eigenvalue weighted by molar-refractivity contribution is -0.133. The summed E-state index contributed by atoms with van der Waals surface area (Å²) in [4.78, 5) is 0. The van der Waals surface area contributed by atoms with Crippen LogP contribution in [-0.4, -0.2) is 44.2 Å². The first-order chi connectivity index (χ1) is 7.49. The first-order valence-corrected chi connectivity index (χ1v) is 5.51. The highest BCUT2D eigenvalue weighted by Gasteiger charge is 2.41. The highest BCUT2D eigenvalue weighted by atomic mass is 19.4. The summed E-state index contributed by atoms with van der Waals surface area (Å²) in [6.07, 6.45) is -2.10. The normalized spacial score (nSPS) is 35.8. The number of hydrogen-bond acceptors (Lipinski definition) is 3. The van der Waals surface area contributed by atoms with E-state index >= 15 is 0 Å². The standard InChI is InChI=1S/C10H16F3NO2/c11-10(12,13)6-14-8-1-3-16-9(5-8)2-4-15-7-9/h8,14H,1-7H2. The molecule has 6 heteroatoms. The van der Waals surface area contributed by atoms with E-state index in [1.807, 2.05) is 0 Å². The first-order valence-electron chi connectivity index (χ1n) is 5.51. The maximum absolute atomic E-state index is 12.1. The fraction of sp³-hybridized carbons (Fsp3) is 1.00. The van der Waals surface area contributed by atoms with E-state index in [0.717, 1.165) is 6.42 Å². The van der Waals surface area contributed by atoms with Gasteiger partial charge in [0.2, 0.25) is 0 Å². The monoisotopic (exact) mass is 239 g/mol. The lowest BCUT2D eigenvalue weighted by Crippen LogP contribution is -2.49. The molecule has 0 amide bonds. The van der Waals surface area contributed by atoms with Crippen LogP contribution in [0.3, 0.4) is 0 Å². The van der Waals surface area contributed by atoms with Gasteiger partial charge in [-0.25, -0.2) is 0 Å². The Morgan fingerprint density at radius 3 is 2.75 bits per heavy atom. The molecule has 0 aliphatic carbocycles. The molecule has 0 saturated carbocycles. The van der Waals surface area contributed by atoms with Crippen molar-refractivity contribution in [3.05, 3.63) is 0 Å². The summed E-state index contributed by atoms with van der Waals surface area (Å²) < 4.78 is 47.1. The minimum absolute atomic E-state index is 0.114. The van der Waals surface area contributed by atoms with Crippen LogP contribution in [0.4, 0.5) is 13.2 Å². The second kappa shape index (κ2) is 4.50. The lowest BCUT2D eigenvalue weighted by atomic mass is 9.90. The van der Waals surface area contributed by atoms with Gasteiger partial charge in [-0.15, -0.1) is 0 Å². The average Bonchev–Trinajstić information content (AvgIpc) is 2.63. The van der Waals surface area contributed by atoms with E-state index in [0.29, 0.717) is 32.7 Å². The Bertz CT molecular complexity index is 239. The van der Waals surface area contributed by atoms with Crippen LogP contribution in [0.1, 0.15) is 19.3 Å². The Kier molecular flexibility index (Phi) is 3.42. The SMILES string of the molecule is FC(F)(F)CNC1CCOC2(CCOC2)C1. The molecule has 0 bridgehead atoms. The van der Waals surface area contributed by atoms with Gasteiger partial charge in [0.15, 0.2) is 0 Å². The Morgan fingerprint density at radius 2 is 2.12 bits per heavy atom. The van der Waals surface area contributed by atoms with Crippen LogP contribution in [0, 0.1) is 0 Å². The zero-order valence-corrected chi connectivity index (χ0v) is 8.98. The van der Waals surface area contributed by atoms with Crippen molar-refractivity contribution < 1.29 is 22.6 Å². The zero-order valence-electron chi connectivity index (χ0n) is 8.98. The van der Waals surface area contributed by atoms with Crippen molar-refractivity contribution in [2.24, 2.45) is 0 Å². The summed E-state index contributed by atoms with van der Waals surface area (Å²) in [5.74, 6) is 0. The van der Waals surface area contributed by atoms with Gasteiger partial charge in [0, 0.05) is 25.7 Å². The molecule has 2 aliphatic heterocycles. The molecular formula is C10H16F3NO2. The predicted octanol–water partition coefficient (Wildman–Crippen LogP) is 1.48. The van der Waals surface area contributed by atoms with Crippen molar-refractivity contribution in [1.29, 1.82) is 0 Å². The lowest BCUT2D eigenvalue weighted by Gasteiger charge is -2.37. The molecule has 2 aliphatic rings. The van der Waals surface area contributed by atoms with Gasteiger partial charge in [-0.05, 0) is 12.8 Å². The number of nitrogens with one attached hydrogen (secondary N) is 1. The minimum atomic E-state index is -4.14. The second-order valence-corrected chi connectivity index (χ2v) is 4.52. The van der Waals surface area contributed by atoms with Crippen molar-refractivity contribution in [2.45, 2.75) is 37.1 Å². The van der Waals surface area contributed by atoms with E-state index < -0.39 is 12.7 Å². The topological polar surface area (TPSA) is 30.5 Å². The molecule has 94 valence electrons. The number of halogens is 3. The number of hydrogen-bond donors (Lipinski definition) is 1. The van der Waals surface area contributed by atoms with Crippen LogP contribution in [0.25, 0.3) is 0 Å². The molecular weight excluding hydrogens is 223 g/mol. The van der Waals surface area contributed by atoms with Crippen LogP contribution >= 0.6 is 0 Å². The Hall–Kier alpha value is -0.330. The summed E-state index contributed by atoms with van der Waals surface area (Å²) >= 11 is 0. The molecule has 16 heavy (non-hydrogen) atoms. The molecule has 3 nitrogen and oxygen atoms in total. The van der Waals surface area contributed by atoms with Gasteiger partial charge < -0.3 is 14.8 Å². The summed E-state index contributed by atoms with van der Waals surface area (Å²) in [5.41, 5.74) is -0.332. The van der Waals surface area contributed by atoms with E-state index in [1.165, 1.54) is 0 Å². The van der Waals surface area contributed by atoms with E-state index in [2.05, 4.69) is 5.32 Å². The minimum Gasteiger partial charge on any atom is -0.378 e. The van der Waals surface area contributed by atoms with E-state index in [4.69, 9.17) is 9.47 Å². The van der Waals surface area contributed by atoms with Crippen molar-refractivity contribution in [1.82, 2.24) is 5.32 Å². The molecule has 2 unspecified atom stereocenters. The van der Waals surface area contributed by atoms with Gasteiger partial charge in [0.05, 0.1) is 18.8 Å². The molecule has 0 aromatic heterocycles. The molecule has 2 rings (SSSR count). The summed E-state index contributed by atoms with van der Waals surface area (Å²) in [5, 5.41) is 2.55. The Morgan fingerprint density at radius 1 is 1.31 bits per heavy atom. The fourth-order valence-corrected chi connectivity index (χ4v) is 2.33. The molecule has 2 saturated heterocycles. The molecule has 0 radical (unpaired) electrons. The van der Waals surface area contributed by atoms with Crippen molar-refractivity contribution in [2.75, 3.05) is 26.4 Å². The van der Waals surface area contributed by atoms with Gasteiger partial charge in [-0.2, -0.15) is 13.2 Å². The Labute approximate surface area is 92.3 Å². The van der Waals surface area contributed by atoms with E-state index in [9.17, 15) is 13.2 Å². The van der Waals surface area contributed by atoms with Gasteiger partial charge in [0.25, 0.3) is 0 Å². The van der Waals surface area contributed by atoms with Crippen LogP contribution < -0.4 is 5.32 Å². The van der Waals surface area contributed by atoms with Gasteiger partial charge in [-0.3, -0.25) is 0 Å². The maximum atomic E-state index is 12.1. The second-order valence-electron chi connectivity index (χ2n) is 4.52. The van der Waals surface area contributed by atoms with E-state index in [1.54, 1.807) is 0 Å². The third-order valence-corrected chi connectivity index (χ3v) is 3.15. The first kappa shape index (κ1) is 12.1. The average molecular weight is 239 g/mol. The van der Waals surface area contributed by atoms with Gasteiger partial charge in [-0.1, -0.05) is 0 Å². The molecule has 2 fully saturated rings. The fourth-order valence-electron chi connectivity index (χ4n) is 2.33. The predicted molar refractivity (Wildman–Crippen MR) is 51.2 cm³/mol. The molecule has 2 atom stereocenters. The van der Waals surface area contributed by atoms with Crippen LogP contribution in [-0.2, 0) is 9.47 Å². The number of alkyl halides is 3. The summed E-state index contributed by atoms with van der Waals surface area (Å²) in [6.45, 7) is 0.747. The highest BCUT2D eigenvalue weighted by Crippen LogP contribution is 2.33. The van der Waals surface area contributed by atoms with Crippen LogP contribution in [0.2, 0.25) is 0 Å². The molecule has 1 N–H and O–H groups in total. The number of rotatable bonds is 2. The number of ether oxygens (including phenoxy) is 2. The van der Waals surface area contributed by atoms with Crippen molar-refractivity contribution in [3.63, 3.8) is 0 Å². The van der Waals surface area contributed by atoms with Crippen LogP contribution in [0.15, 0.2) is 0 Å². The summed E-state index contributed by atoms with van der Waals surface area (Å²) in [7, 11) is 0. The Balaban J connectivity index is 1.82. The zero-order chi connectivity index (χ0) is 11.6. The largest absolute Gasteiger partial charge is 0.401 e. The third kappa shape index (κ3) is 3.09. The quantitative estimate of drug-likeness (QED) is 0.791. The van der Waals surface area contributed by atoms with Gasteiger partial charge >= 0.3 is 6.18 Å². The molecule has 2 heterocycles.